The third kappa shape index (κ3) is 4.43. The van der Waals surface area contributed by atoms with Gasteiger partial charge in [0.1, 0.15) is 0 Å². The summed E-state index contributed by atoms with van der Waals surface area (Å²) in [6.07, 6.45) is 0.653. The SMILES string of the molecule is C[C@@H](O)CNC(=O)c1ncc(OC(N)=O)cn1. The molecule has 0 aliphatic heterocycles. The van der Waals surface area contributed by atoms with Crippen LogP contribution in [-0.2, 0) is 0 Å². The number of hydrogen-bond donors (Lipinski definition) is 3. The van der Waals surface area contributed by atoms with Gasteiger partial charge in [-0.1, -0.05) is 0 Å². The topological polar surface area (TPSA) is 127 Å². The van der Waals surface area contributed by atoms with Gasteiger partial charge in [0.25, 0.3) is 5.91 Å². The summed E-state index contributed by atoms with van der Waals surface area (Å²) in [5.41, 5.74) is 4.78. The highest BCUT2D eigenvalue weighted by molar-refractivity contribution is 5.90. The minimum absolute atomic E-state index is 0.0459. The van der Waals surface area contributed by atoms with Gasteiger partial charge in [-0.15, -0.1) is 0 Å². The number of amides is 2. The Balaban J connectivity index is 2.60. The highest BCUT2D eigenvalue weighted by atomic mass is 16.5. The molecule has 0 aromatic carbocycles. The lowest BCUT2D eigenvalue weighted by molar-refractivity contribution is 0.0913. The first-order valence-corrected chi connectivity index (χ1v) is 4.74. The number of nitrogens with one attached hydrogen (secondary N) is 1. The summed E-state index contributed by atoms with van der Waals surface area (Å²) in [6.45, 7) is 1.63. The number of nitrogens with zero attached hydrogens (tertiary/aromatic N) is 2. The van der Waals surface area contributed by atoms with Crippen LogP contribution in [0.25, 0.3) is 0 Å². The van der Waals surface area contributed by atoms with Gasteiger partial charge in [-0.3, -0.25) is 4.79 Å². The smallest absolute Gasteiger partial charge is 0.407 e. The molecule has 0 fully saturated rings. The molecule has 0 aliphatic rings. The van der Waals surface area contributed by atoms with Crippen LogP contribution in [0.4, 0.5) is 4.79 Å². The van der Waals surface area contributed by atoms with E-state index >= 15 is 0 Å². The number of aliphatic hydroxyl groups is 1. The van der Waals surface area contributed by atoms with Gasteiger partial charge in [0.2, 0.25) is 5.82 Å². The van der Waals surface area contributed by atoms with Crippen molar-refractivity contribution in [2.75, 3.05) is 6.54 Å². The molecule has 17 heavy (non-hydrogen) atoms. The largest absolute Gasteiger partial charge is 0.410 e. The number of aromatic nitrogens is 2. The van der Waals surface area contributed by atoms with Gasteiger partial charge in [-0.05, 0) is 6.92 Å². The first-order chi connectivity index (χ1) is 7.99. The van der Waals surface area contributed by atoms with Crippen molar-refractivity contribution < 1.29 is 19.4 Å². The molecule has 1 rings (SSSR count). The van der Waals surface area contributed by atoms with E-state index in [0.717, 1.165) is 12.4 Å². The second-order valence-electron chi connectivity index (χ2n) is 3.22. The van der Waals surface area contributed by atoms with Crippen molar-refractivity contribution in [2.45, 2.75) is 13.0 Å². The summed E-state index contributed by atoms with van der Waals surface area (Å²) in [5.74, 6) is -0.580. The fourth-order valence-electron chi connectivity index (χ4n) is 0.922. The van der Waals surface area contributed by atoms with Gasteiger partial charge >= 0.3 is 6.09 Å². The molecule has 0 saturated carbocycles. The summed E-state index contributed by atoms with van der Waals surface area (Å²) in [6, 6.07) is 0. The Morgan fingerprint density at radius 3 is 2.59 bits per heavy atom. The Labute approximate surface area is 96.8 Å². The maximum absolute atomic E-state index is 11.4. The number of primary amides is 1. The normalized spacial score (nSPS) is 11.6. The third-order valence-corrected chi connectivity index (χ3v) is 1.61. The summed E-state index contributed by atoms with van der Waals surface area (Å²) >= 11 is 0. The van der Waals surface area contributed by atoms with Gasteiger partial charge in [-0.2, -0.15) is 0 Å². The minimum Gasteiger partial charge on any atom is -0.407 e. The van der Waals surface area contributed by atoms with Crippen molar-refractivity contribution >= 4 is 12.0 Å². The second kappa shape index (κ2) is 5.75. The average Bonchev–Trinajstić information content (AvgIpc) is 2.26. The number of aliphatic hydroxyl groups excluding tert-OH is 1. The predicted molar refractivity (Wildman–Crippen MR) is 56.3 cm³/mol. The molecule has 0 aliphatic carbocycles. The van der Waals surface area contributed by atoms with E-state index in [0.29, 0.717) is 0 Å². The standard InChI is InChI=1S/C9H12N4O4/c1-5(14)2-13-8(15)7-11-3-6(4-12-7)17-9(10)16/h3-5,14H,2H2,1H3,(H2,10,16)(H,13,15)/t5-/m1/s1. The maximum atomic E-state index is 11.4. The maximum Gasteiger partial charge on any atom is 0.410 e. The number of hydrogen-bond acceptors (Lipinski definition) is 6. The molecule has 4 N–H and O–H groups in total. The fraction of sp³-hybridized carbons (Fsp3) is 0.333. The zero-order valence-electron chi connectivity index (χ0n) is 9.08. The first kappa shape index (κ1) is 12.8. The summed E-state index contributed by atoms with van der Waals surface area (Å²) in [5, 5.41) is 11.4. The Kier molecular flexibility index (Phi) is 4.35. The Morgan fingerprint density at radius 1 is 1.53 bits per heavy atom. The number of carbonyl (C=O) groups is 2. The van der Waals surface area contributed by atoms with E-state index in [1.807, 2.05) is 0 Å². The number of carbonyl (C=O) groups excluding carboxylic acids is 2. The van der Waals surface area contributed by atoms with E-state index in [2.05, 4.69) is 20.0 Å². The average molecular weight is 240 g/mol. The van der Waals surface area contributed by atoms with Crippen LogP contribution in [0.3, 0.4) is 0 Å². The number of ether oxygens (including phenoxy) is 1. The molecule has 0 spiro atoms. The van der Waals surface area contributed by atoms with E-state index in [1.165, 1.54) is 6.92 Å². The lowest BCUT2D eigenvalue weighted by atomic mass is 10.4. The zero-order chi connectivity index (χ0) is 12.8. The molecule has 1 aromatic heterocycles. The van der Waals surface area contributed by atoms with Crippen LogP contribution >= 0.6 is 0 Å². The highest BCUT2D eigenvalue weighted by Crippen LogP contribution is 2.05. The van der Waals surface area contributed by atoms with Crippen LogP contribution in [-0.4, -0.2) is 39.7 Å². The number of nitrogens with two attached hydrogens (primary N) is 1. The van der Waals surface area contributed by atoms with Crippen LogP contribution in [0, 0.1) is 0 Å². The second-order valence-corrected chi connectivity index (χ2v) is 3.22. The van der Waals surface area contributed by atoms with Crippen molar-refractivity contribution in [1.82, 2.24) is 15.3 Å². The predicted octanol–water partition coefficient (Wildman–Crippen LogP) is -0.955. The monoisotopic (exact) mass is 240 g/mol. The fourth-order valence-corrected chi connectivity index (χ4v) is 0.922. The van der Waals surface area contributed by atoms with E-state index in [1.54, 1.807) is 0 Å². The third-order valence-electron chi connectivity index (χ3n) is 1.61. The summed E-state index contributed by atoms with van der Waals surface area (Å²) in [7, 11) is 0. The molecule has 0 unspecified atom stereocenters. The molecule has 1 heterocycles. The highest BCUT2D eigenvalue weighted by Gasteiger charge is 2.10. The van der Waals surface area contributed by atoms with Crippen LogP contribution < -0.4 is 15.8 Å². The summed E-state index contributed by atoms with van der Waals surface area (Å²) < 4.78 is 4.49. The molecule has 8 heteroatoms. The van der Waals surface area contributed by atoms with Crippen molar-refractivity contribution in [3.05, 3.63) is 18.2 Å². The van der Waals surface area contributed by atoms with E-state index < -0.39 is 18.1 Å². The molecule has 2 amide bonds. The molecule has 0 radical (unpaired) electrons. The molecular weight excluding hydrogens is 228 g/mol. The Hall–Kier alpha value is -2.22. The van der Waals surface area contributed by atoms with Crippen molar-refractivity contribution in [3.63, 3.8) is 0 Å². The molecule has 0 bridgehead atoms. The lowest BCUT2D eigenvalue weighted by Crippen LogP contribution is -2.31. The lowest BCUT2D eigenvalue weighted by Gasteiger charge is -2.06. The Morgan fingerprint density at radius 2 is 2.12 bits per heavy atom. The van der Waals surface area contributed by atoms with Gasteiger partial charge in [0.15, 0.2) is 5.75 Å². The minimum atomic E-state index is -0.986. The molecule has 92 valence electrons. The molecule has 1 atom stereocenters. The van der Waals surface area contributed by atoms with Gasteiger partial charge in [0, 0.05) is 6.54 Å². The van der Waals surface area contributed by atoms with Crippen LogP contribution in [0.1, 0.15) is 17.5 Å². The van der Waals surface area contributed by atoms with Gasteiger partial charge < -0.3 is 20.9 Å². The quantitative estimate of drug-likeness (QED) is 0.622. The summed E-state index contributed by atoms with van der Waals surface area (Å²) in [4.78, 5) is 29.1. The van der Waals surface area contributed by atoms with Crippen molar-refractivity contribution in [2.24, 2.45) is 5.73 Å². The molecular formula is C9H12N4O4. The zero-order valence-corrected chi connectivity index (χ0v) is 9.08. The Bertz CT molecular complexity index is 404. The van der Waals surface area contributed by atoms with Crippen molar-refractivity contribution in [3.8, 4) is 5.75 Å². The van der Waals surface area contributed by atoms with Crippen LogP contribution in [0.15, 0.2) is 12.4 Å². The molecule has 8 nitrogen and oxygen atoms in total. The molecule has 1 aromatic rings. The van der Waals surface area contributed by atoms with Crippen molar-refractivity contribution in [1.29, 1.82) is 0 Å². The number of rotatable bonds is 4. The van der Waals surface area contributed by atoms with E-state index in [-0.39, 0.29) is 18.1 Å². The van der Waals surface area contributed by atoms with Gasteiger partial charge in [0.05, 0.1) is 18.5 Å². The van der Waals surface area contributed by atoms with E-state index in [4.69, 9.17) is 10.8 Å². The van der Waals surface area contributed by atoms with Crippen LogP contribution in [0.5, 0.6) is 5.75 Å². The molecule has 0 saturated heterocycles. The first-order valence-electron chi connectivity index (χ1n) is 4.74. The van der Waals surface area contributed by atoms with Gasteiger partial charge in [-0.25, -0.2) is 14.8 Å². The van der Waals surface area contributed by atoms with Crippen LogP contribution in [0.2, 0.25) is 0 Å². The van der Waals surface area contributed by atoms with E-state index in [9.17, 15) is 9.59 Å².